The highest BCUT2D eigenvalue weighted by molar-refractivity contribution is 7.10. The molecule has 2 heterocycles. The summed E-state index contributed by atoms with van der Waals surface area (Å²) < 4.78 is 17.5. The molecular formula is C20H28N6O5S. The van der Waals surface area contributed by atoms with Crippen LogP contribution < -0.4 is 22.8 Å². The Kier molecular flexibility index (Phi) is 8.53. The predicted molar refractivity (Wildman–Crippen MR) is 118 cm³/mol. The molecule has 3 rings (SSSR count). The molecule has 0 radical (unpaired) electrons. The Morgan fingerprint density at radius 2 is 2.22 bits per heavy atom. The van der Waals surface area contributed by atoms with Crippen LogP contribution in [0.3, 0.4) is 0 Å². The first-order valence-corrected chi connectivity index (χ1v) is 10.8. The summed E-state index contributed by atoms with van der Waals surface area (Å²) >= 11 is 1.35. The number of carbonyl (C=O) groups excluding carboxylic acids is 1. The first kappa shape index (κ1) is 24.1. The van der Waals surface area contributed by atoms with E-state index in [9.17, 15) is 9.90 Å². The van der Waals surface area contributed by atoms with E-state index in [1.807, 2.05) is 35.8 Å². The molecule has 0 aliphatic carbocycles. The fraction of sp³-hybridized carbons (Fsp3) is 0.400. The van der Waals surface area contributed by atoms with Crippen LogP contribution in [0, 0.1) is 0 Å². The van der Waals surface area contributed by atoms with Crippen LogP contribution in [0.1, 0.15) is 23.8 Å². The second-order valence-corrected chi connectivity index (χ2v) is 8.10. The summed E-state index contributed by atoms with van der Waals surface area (Å²) in [4.78, 5) is 16.4. The third-order valence-corrected chi connectivity index (χ3v) is 5.62. The number of aliphatic hydroxyl groups is 1. The Labute approximate surface area is 189 Å². The lowest BCUT2D eigenvalue weighted by Crippen LogP contribution is -2.54. The second-order valence-electron chi connectivity index (χ2n) is 7.21. The highest BCUT2D eigenvalue weighted by atomic mass is 32.1. The number of aromatic nitrogens is 1. The number of thiazole rings is 1. The summed E-state index contributed by atoms with van der Waals surface area (Å²) in [5.41, 5.74) is 9.15. The number of nitrogens with zero attached hydrogens (tertiary/aromatic N) is 2. The monoisotopic (exact) mass is 464 g/mol. The molecule has 1 aromatic carbocycles. The van der Waals surface area contributed by atoms with E-state index in [0.29, 0.717) is 10.7 Å². The first-order chi connectivity index (χ1) is 15.4. The third-order valence-electron chi connectivity index (χ3n) is 4.80. The lowest BCUT2D eigenvalue weighted by molar-refractivity contribution is -0.271. The minimum atomic E-state index is -1.32. The number of nitrogens with two attached hydrogens (primary N) is 3. The SMILES string of the molecule is CC1OC(c2ccccc2)OCC1OC(C(=O)NN)[C@@H](O)CN(N)/C=C(\N)c1nccs1. The summed E-state index contributed by atoms with van der Waals surface area (Å²) in [6.45, 7) is 1.81. The van der Waals surface area contributed by atoms with Crippen LogP contribution >= 0.6 is 11.3 Å². The molecule has 0 saturated carbocycles. The van der Waals surface area contributed by atoms with Crippen molar-refractivity contribution in [3.05, 3.63) is 58.7 Å². The summed E-state index contributed by atoms with van der Waals surface area (Å²) in [5, 5.41) is 14.2. The highest BCUT2D eigenvalue weighted by Crippen LogP contribution is 2.28. The number of nitrogens with one attached hydrogen (secondary N) is 1. The van der Waals surface area contributed by atoms with Crippen LogP contribution in [0.15, 0.2) is 48.1 Å². The molecule has 1 amide bonds. The molecule has 4 unspecified atom stereocenters. The van der Waals surface area contributed by atoms with Crippen molar-refractivity contribution in [3.63, 3.8) is 0 Å². The van der Waals surface area contributed by atoms with Gasteiger partial charge in [0.25, 0.3) is 5.91 Å². The van der Waals surface area contributed by atoms with E-state index in [2.05, 4.69) is 4.98 Å². The van der Waals surface area contributed by atoms with Crippen molar-refractivity contribution in [2.24, 2.45) is 17.4 Å². The van der Waals surface area contributed by atoms with Gasteiger partial charge in [0.15, 0.2) is 12.4 Å². The number of hydrogen-bond acceptors (Lipinski definition) is 11. The molecule has 11 nitrogen and oxygen atoms in total. The zero-order valence-electron chi connectivity index (χ0n) is 17.5. The number of rotatable bonds is 9. The fourth-order valence-corrected chi connectivity index (χ4v) is 3.70. The van der Waals surface area contributed by atoms with Gasteiger partial charge in [-0.15, -0.1) is 11.3 Å². The Balaban J connectivity index is 1.61. The van der Waals surface area contributed by atoms with Crippen LogP contribution in [0.5, 0.6) is 0 Å². The van der Waals surface area contributed by atoms with Crippen molar-refractivity contribution >= 4 is 22.9 Å². The van der Waals surface area contributed by atoms with Crippen LogP contribution in [-0.2, 0) is 19.0 Å². The van der Waals surface area contributed by atoms with Crippen molar-refractivity contribution in [2.75, 3.05) is 13.2 Å². The van der Waals surface area contributed by atoms with Gasteiger partial charge >= 0.3 is 0 Å². The van der Waals surface area contributed by atoms with Crippen molar-refractivity contribution in [1.29, 1.82) is 0 Å². The maximum absolute atomic E-state index is 12.3. The number of carbonyl (C=O) groups is 1. The van der Waals surface area contributed by atoms with Gasteiger partial charge in [0.1, 0.15) is 17.2 Å². The molecule has 0 spiro atoms. The van der Waals surface area contributed by atoms with Gasteiger partial charge in [0.05, 0.1) is 25.0 Å². The average molecular weight is 465 g/mol. The lowest BCUT2D eigenvalue weighted by Gasteiger charge is -2.37. The number of hydrogen-bond donors (Lipinski definition) is 5. The molecule has 1 saturated heterocycles. The quantitative estimate of drug-likeness (QED) is 0.190. The van der Waals surface area contributed by atoms with E-state index in [-0.39, 0.29) is 13.2 Å². The minimum absolute atomic E-state index is 0.153. The topological polar surface area (TPSA) is 171 Å². The second kappa shape index (κ2) is 11.3. The number of aliphatic hydroxyl groups excluding tert-OH is 1. The summed E-state index contributed by atoms with van der Waals surface area (Å²) in [6.07, 6.45) is -1.17. The number of ether oxygens (including phenoxy) is 3. The number of amides is 1. The smallest absolute Gasteiger partial charge is 0.265 e. The molecule has 1 fully saturated rings. The molecule has 32 heavy (non-hydrogen) atoms. The van der Waals surface area contributed by atoms with E-state index in [0.717, 1.165) is 10.6 Å². The Morgan fingerprint density at radius 1 is 1.47 bits per heavy atom. The van der Waals surface area contributed by atoms with Gasteiger partial charge in [0, 0.05) is 23.3 Å². The van der Waals surface area contributed by atoms with Gasteiger partial charge < -0.3 is 30.1 Å². The Hall–Kier alpha value is -2.58. The molecule has 12 heteroatoms. The lowest BCUT2D eigenvalue weighted by atomic mass is 10.1. The van der Waals surface area contributed by atoms with Crippen LogP contribution in [-0.4, -0.2) is 58.6 Å². The Morgan fingerprint density at radius 3 is 2.84 bits per heavy atom. The minimum Gasteiger partial charge on any atom is -0.395 e. The molecule has 8 N–H and O–H groups in total. The molecule has 1 aromatic heterocycles. The van der Waals surface area contributed by atoms with Gasteiger partial charge in [-0.3, -0.25) is 10.2 Å². The maximum Gasteiger partial charge on any atom is 0.265 e. The first-order valence-electron chi connectivity index (χ1n) is 9.93. The van der Waals surface area contributed by atoms with Gasteiger partial charge in [-0.25, -0.2) is 16.7 Å². The van der Waals surface area contributed by atoms with Crippen LogP contribution in [0.2, 0.25) is 0 Å². The van der Waals surface area contributed by atoms with Crippen molar-refractivity contribution < 1.29 is 24.1 Å². The molecule has 1 aliphatic rings. The van der Waals surface area contributed by atoms with E-state index in [4.69, 9.17) is 31.6 Å². The zero-order valence-corrected chi connectivity index (χ0v) is 18.4. The van der Waals surface area contributed by atoms with E-state index >= 15 is 0 Å². The van der Waals surface area contributed by atoms with E-state index < -0.39 is 36.6 Å². The molecule has 174 valence electrons. The molecule has 1 aliphatic heterocycles. The molecule has 0 bridgehead atoms. The molecule has 5 atom stereocenters. The van der Waals surface area contributed by atoms with Crippen molar-refractivity contribution in [2.45, 2.75) is 37.6 Å². The summed E-state index contributed by atoms with van der Waals surface area (Å²) in [5.74, 6) is 10.5. The van der Waals surface area contributed by atoms with Crippen molar-refractivity contribution in [3.8, 4) is 0 Å². The van der Waals surface area contributed by atoms with E-state index in [1.165, 1.54) is 17.5 Å². The number of benzene rings is 1. The Bertz CT molecular complexity index is 884. The predicted octanol–water partition coefficient (Wildman–Crippen LogP) is -0.185. The summed E-state index contributed by atoms with van der Waals surface area (Å²) in [6, 6.07) is 9.48. The highest BCUT2D eigenvalue weighted by Gasteiger charge is 2.37. The molecular weight excluding hydrogens is 436 g/mol. The maximum atomic E-state index is 12.3. The fourth-order valence-electron chi connectivity index (χ4n) is 3.14. The standard InChI is InChI=1S/C20H28N6O5S/c1-12-16(11-29-20(30-12)13-5-3-2-4-6-13)31-17(18(28)25-22)15(27)10-26(23)9-14(21)19-24-7-8-32-19/h2-9,12,15-17,20,27H,10-11,21-23H2,1H3,(H,25,28)/b14-9-/t12?,15-,16?,17?,20?/m0/s1. The summed E-state index contributed by atoms with van der Waals surface area (Å²) in [7, 11) is 0. The van der Waals surface area contributed by atoms with E-state index in [1.54, 1.807) is 18.5 Å². The third kappa shape index (κ3) is 6.23. The van der Waals surface area contributed by atoms with Crippen LogP contribution in [0.4, 0.5) is 0 Å². The average Bonchev–Trinajstić information content (AvgIpc) is 3.33. The van der Waals surface area contributed by atoms with Gasteiger partial charge in [-0.1, -0.05) is 30.3 Å². The van der Waals surface area contributed by atoms with Crippen molar-refractivity contribution in [1.82, 2.24) is 15.4 Å². The normalized spacial score (nSPS) is 23.4. The van der Waals surface area contributed by atoms with Crippen LogP contribution in [0.25, 0.3) is 5.70 Å². The zero-order chi connectivity index (χ0) is 23.1. The van der Waals surface area contributed by atoms with Gasteiger partial charge in [-0.2, -0.15) is 0 Å². The largest absolute Gasteiger partial charge is 0.395 e. The molecule has 2 aromatic rings. The number of hydrazine groups is 2. The van der Waals surface area contributed by atoms with Gasteiger partial charge in [-0.05, 0) is 6.92 Å². The van der Waals surface area contributed by atoms with Gasteiger partial charge in [0.2, 0.25) is 0 Å².